The minimum Gasteiger partial charge on any atom is -0.508 e. The van der Waals surface area contributed by atoms with E-state index in [2.05, 4.69) is 5.01 Å². The number of phenolic OH excluding ortho intramolecular Hbond substituents is 1. The number of benzene rings is 2. The number of carbonyl (C=O) groups excluding carboxylic acids is 1. The minimum absolute atomic E-state index is 0.0814. The fourth-order valence-corrected chi connectivity index (χ4v) is 5.48. The minimum atomic E-state index is 0.0814. The van der Waals surface area contributed by atoms with E-state index in [1.807, 2.05) is 47.5 Å². The summed E-state index contributed by atoms with van der Waals surface area (Å²) in [5.74, 6) is 0.464. The SMILES string of the molecule is O=C(c1ccccc1)N1CC[C@]23CCCC[C@H]2N1Cc1ccc(O)cc13. The number of hydrazine groups is 1. The van der Waals surface area contributed by atoms with Gasteiger partial charge in [-0.3, -0.25) is 9.80 Å². The Bertz CT molecular complexity index is 850. The summed E-state index contributed by atoms with van der Waals surface area (Å²) in [4.78, 5) is 13.2. The fraction of sp³-hybridized carbons (Fsp3) is 0.409. The zero-order chi connectivity index (χ0) is 17.7. The number of phenols is 1. The number of aromatic hydroxyl groups is 1. The summed E-state index contributed by atoms with van der Waals surface area (Å²) in [7, 11) is 0. The van der Waals surface area contributed by atoms with Crippen molar-refractivity contribution < 1.29 is 9.90 Å². The Morgan fingerprint density at radius 1 is 1.08 bits per heavy atom. The summed E-state index contributed by atoms with van der Waals surface area (Å²) in [5, 5.41) is 14.4. The van der Waals surface area contributed by atoms with Crippen LogP contribution >= 0.6 is 0 Å². The molecule has 1 saturated heterocycles. The monoisotopic (exact) mass is 348 g/mol. The molecule has 3 atom stereocenters. The first-order chi connectivity index (χ1) is 12.7. The lowest BCUT2D eigenvalue weighted by molar-refractivity contribution is -0.126. The molecule has 2 fully saturated rings. The van der Waals surface area contributed by atoms with Crippen molar-refractivity contribution in [3.05, 3.63) is 65.2 Å². The van der Waals surface area contributed by atoms with Crippen LogP contribution in [0.4, 0.5) is 0 Å². The predicted molar refractivity (Wildman–Crippen MR) is 99.7 cm³/mol. The summed E-state index contributed by atoms with van der Waals surface area (Å²) in [6.45, 7) is 1.50. The molecule has 0 spiro atoms. The maximum absolute atomic E-state index is 13.2. The van der Waals surface area contributed by atoms with Gasteiger partial charge in [0.25, 0.3) is 5.91 Å². The van der Waals surface area contributed by atoms with Crippen LogP contribution in [0.25, 0.3) is 0 Å². The van der Waals surface area contributed by atoms with E-state index in [-0.39, 0.29) is 11.3 Å². The van der Waals surface area contributed by atoms with E-state index >= 15 is 0 Å². The molecule has 1 N–H and O–H groups in total. The first-order valence-corrected chi connectivity index (χ1v) is 9.65. The number of hydrogen-bond acceptors (Lipinski definition) is 3. The number of rotatable bonds is 1. The van der Waals surface area contributed by atoms with E-state index in [1.165, 1.54) is 24.0 Å². The summed E-state index contributed by atoms with van der Waals surface area (Å²) >= 11 is 0. The molecule has 2 heterocycles. The Labute approximate surface area is 154 Å². The van der Waals surface area contributed by atoms with Gasteiger partial charge in [-0.25, -0.2) is 5.01 Å². The molecule has 2 aliphatic heterocycles. The van der Waals surface area contributed by atoms with Crippen molar-refractivity contribution in [2.45, 2.75) is 50.1 Å². The van der Waals surface area contributed by atoms with Crippen molar-refractivity contribution in [1.29, 1.82) is 0 Å². The zero-order valence-electron chi connectivity index (χ0n) is 14.9. The van der Waals surface area contributed by atoms with Crippen molar-refractivity contribution >= 4 is 5.91 Å². The molecule has 4 nitrogen and oxygen atoms in total. The lowest BCUT2D eigenvalue weighted by atomic mass is 9.60. The van der Waals surface area contributed by atoms with Gasteiger partial charge in [-0.15, -0.1) is 0 Å². The van der Waals surface area contributed by atoms with Crippen LogP contribution in [0.15, 0.2) is 48.5 Å². The Balaban J connectivity index is 1.58. The molecular weight excluding hydrogens is 324 g/mol. The topological polar surface area (TPSA) is 43.8 Å². The van der Waals surface area contributed by atoms with Gasteiger partial charge >= 0.3 is 0 Å². The van der Waals surface area contributed by atoms with Gasteiger partial charge in [-0.2, -0.15) is 0 Å². The van der Waals surface area contributed by atoms with Gasteiger partial charge in [0.15, 0.2) is 0 Å². The highest BCUT2D eigenvalue weighted by Gasteiger charge is 2.54. The third-order valence-corrected chi connectivity index (χ3v) is 6.65. The smallest absolute Gasteiger partial charge is 0.268 e. The largest absolute Gasteiger partial charge is 0.508 e. The van der Waals surface area contributed by atoms with Crippen LogP contribution in [0.1, 0.15) is 53.6 Å². The molecule has 5 rings (SSSR count). The molecule has 134 valence electrons. The molecule has 2 aromatic carbocycles. The van der Waals surface area contributed by atoms with Crippen molar-refractivity contribution in [2.75, 3.05) is 6.54 Å². The van der Waals surface area contributed by atoms with Gasteiger partial charge in [0.05, 0.1) is 0 Å². The van der Waals surface area contributed by atoms with Crippen molar-refractivity contribution in [2.24, 2.45) is 0 Å². The second kappa shape index (κ2) is 5.85. The number of fused-ring (bicyclic) bond motifs is 1. The molecule has 1 amide bonds. The maximum atomic E-state index is 13.2. The molecule has 1 aliphatic carbocycles. The van der Waals surface area contributed by atoms with Gasteiger partial charge in [-0.1, -0.05) is 37.1 Å². The van der Waals surface area contributed by atoms with Crippen molar-refractivity contribution in [3.8, 4) is 5.75 Å². The standard InChI is InChI=1S/C22H24N2O2/c25-18-10-9-17-15-24-20-8-4-5-11-22(20,19(17)14-18)12-13-23(24)21(26)16-6-2-1-3-7-16/h1-3,6-7,9-10,14,20,25H,4-5,8,11-13,15H2/t20-,22+/m1/s1. The van der Waals surface area contributed by atoms with Crippen LogP contribution in [0.5, 0.6) is 5.75 Å². The van der Waals surface area contributed by atoms with Gasteiger partial charge in [0.2, 0.25) is 0 Å². The van der Waals surface area contributed by atoms with Gasteiger partial charge < -0.3 is 5.11 Å². The van der Waals surface area contributed by atoms with Crippen LogP contribution in [0.2, 0.25) is 0 Å². The number of amides is 1. The van der Waals surface area contributed by atoms with E-state index in [0.717, 1.165) is 37.9 Å². The highest BCUT2D eigenvalue weighted by atomic mass is 16.3. The average Bonchev–Trinajstić information content (AvgIpc) is 2.69. The third-order valence-electron chi connectivity index (χ3n) is 6.65. The van der Waals surface area contributed by atoms with E-state index < -0.39 is 0 Å². The van der Waals surface area contributed by atoms with Gasteiger partial charge in [0.1, 0.15) is 5.75 Å². The molecular formula is C22H24N2O2. The molecule has 26 heavy (non-hydrogen) atoms. The number of carbonyl (C=O) groups is 1. The van der Waals surface area contributed by atoms with Crippen LogP contribution in [-0.2, 0) is 12.0 Å². The summed E-state index contributed by atoms with van der Waals surface area (Å²) in [6, 6.07) is 15.8. The van der Waals surface area contributed by atoms with Crippen LogP contribution in [0, 0.1) is 0 Å². The fourth-order valence-electron chi connectivity index (χ4n) is 5.48. The molecule has 2 bridgehead atoms. The molecule has 2 aromatic rings. The third kappa shape index (κ3) is 2.21. The van der Waals surface area contributed by atoms with Crippen molar-refractivity contribution in [3.63, 3.8) is 0 Å². The number of nitrogens with zero attached hydrogens (tertiary/aromatic N) is 2. The Morgan fingerprint density at radius 2 is 1.92 bits per heavy atom. The van der Waals surface area contributed by atoms with Gasteiger partial charge in [0, 0.05) is 30.1 Å². The van der Waals surface area contributed by atoms with E-state index in [1.54, 1.807) is 6.07 Å². The first-order valence-electron chi connectivity index (χ1n) is 9.65. The Morgan fingerprint density at radius 3 is 2.77 bits per heavy atom. The molecule has 4 heteroatoms. The van der Waals surface area contributed by atoms with Crippen LogP contribution < -0.4 is 0 Å². The first kappa shape index (κ1) is 15.9. The molecule has 0 aromatic heterocycles. The summed E-state index contributed by atoms with van der Waals surface area (Å²) < 4.78 is 0. The maximum Gasteiger partial charge on any atom is 0.268 e. The summed E-state index contributed by atoms with van der Waals surface area (Å²) in [6.07, 6.45) is 5.69. The molecule has 1 unspecified atom stereocenters. The Hall–Kier alpha value is -2.33. The van der Waals surface area contributed by atoms with Gasteiger partial charge in [-0.05, 0) is 54.7 Å². The van der Waals surface area contributed by atoms with Crippen LogP contribution in [-0.4, -0.2) is 33.6 Å². The van der Waals surface area contributed by atoms with E-state index in [9.17, 15) is 9.90 Å². The van der Waals surface area contributed by atoms with Crippen LogP contribution in [0.3, 0.4) is 0 Å². The highest BCUT2D eigenvalue weighted by Crippen LogP contribution is 2.52. The Kier molecular flexibility index (Phi) is 3.57. The van der Waals surface area contributed by atoms with Crippen molar-refractivity contribution in [1.82, 2.24) is 10.0 Å². The number of hydrogen-bond donors (Lipinski definition) is 1. The predicted octanol–water partition coefficient (Wildman–Crippen LogP) is 3.85. The second-order valence-electron chi connectivity index (χ2n) is 7.90. The van der Waals surface area contributed by atoms with E-state index in [4.69, 9.17) is 0 Å². The second-order valence-corrected chi connectivity index (χ2v) is 7.90. The quantitative estimate of drug-likeness (QED) is 0.851. The average molecular weight is 348 g/mol. The summed E-state index contributed by atoms with van der Waals surface area (Å²) in [5.41, 5.74) is 3.42. The lowest BCUT2D eigenvalue weighted by Gasteiger charge is -2.60. The molecule has 3 aliphatic rings. The molecule has 1 saturated carbocycles. The van der Waals surface area contributed by atoms with E-state index in [0.29, 0.717) is 11.8 Å². The molecule has 0 radical (unpaired) electrons. The lowest BCUT2D eigenvalue weighted by Crippen LogP contribution is -2.67. The normalized spacial score (nSPS) is 29.6. The zero-order valence-corrected chi connectivity index (χ0v) is 14.9. The highest BCUT2D eigenvalue weighted by molar-refractivity contribution is 5.94.